The molecule has 370 valence electrons. The fraction of sp³-hybridized carbons (Fsp3) is 0.549. The van der Waals surface area contributed by atoms with Crippen LogP contribution in [0.4, 0.5) is 0 Å². The number of sulfonamides is 1. The zero-order valence-corrected chi connectivity index (χ0v) is 41.5. The minimum atomic E-state index is -3.59. The van der Waals surface area contributed by atoms with E-state index in [0.29, 0.717) is 56.3 Å². The van der Waals surface area contributed by atoms with Gasteiger partial charge in [0, 0.05) is 80.9 Å². The molecule has 0 radical (unpaired) electrons. The highest BCUT2D eigenvalue weighted by atomic mass is 32.2. The van der Waals surface area contributed by atoms with E-state index in [0.717, 1.165) is 39.0 Å². The number of carbonyl (C=O) groups excluding carboxylic acids is 4. The van der Waals surface area contributed by atoms with Gasteiger partial charge in [0.25, 0.3) is 5.91 Å². The van der Waals surface area contributed by atoms with Gasteiger partial charge in [-0.3, -0.25) is 34.5 Å². The molecule has 5 aliphatic rings. The Labute approximate surface area is 404 Å². The minimum absolute atomic E-state index is 0.0201. The fourth-order valence-electron chi connectivity index (χ4n) is 11.1. The van der Waals surface area contributed by atoms with Gasteiger partial charge in [-0.25, -0.2) is 13.8 Å². The quantitative estimate of drug-likeness (QED) is 0.126. The zero-order chi connectivity index (χ0) is 49.2. The van der Waals surface area contributed by atoms with E-state index in [2.05, 4.69) is 59.6 Å². The second-order valence-corrected chi connectivity index (χ2v) is 22.9. The second kappa shape index (κ2) is 18.7. The Bertz CT molecular complexity index is 2790. The number of methoxy groups -OCH3 is 1. The van der Waals surface area contributed by atoms with Gasteiger partial charge in [-0.1, -0.05) is 39.8 Å². The van der Waals surface area contributed by atoms with Gasteiger partial charge in [-0.15, -0.1) is 0 Å². The highest BCUT2D eigenvalue weighted by Crippen LogP contribution is 2.45. The van der Waals surface area contributed by atoms with Crippen molar-refractivity contribution in [1.29, 1.82) is 0 Å². The molecule has 6 atom stereocenters. The summed E-state index contributed by atoms with van der Waals surface area (Å²) in [7, 11) is -1.92. The Kier molecular flexibility index (Phi) is 13.2. The van der Waals surface area contributed by atoms with Crippen molar-refractivity contribution in [1.82, 2.24) is 39.8 Å². The summed E-state index contributed by atoms with van der Waals surface area (Å²) in [5, 5.41) is 19.0. The number of aromatic nitrogens is 2. The standard InChI is InChI=1S/C51H66N8O9S/c1-8-57-41-14-13-33-25-37(41)38(45(57)36-11-9-17-52-43(36)31(4)67-7)26-50(5,6)29-68-48(63)39-12-10-18-59(55-39)47(62)40(23-32-21-34(33)24-35(60)22-32)54-46(61)44(30(2)3)58-20-16-51(49(58)64)15-19-56(28-51)69(65,66)42-27-53-42/h9,11,13-14,17,21-22,24-25,30-31,39-40,42,44,53,55,60H,8,10,12,15-16,18-20,23,26-29H2,1-7H3,(H,54,61)/t31-,39-,40-,42+,44-,51-/m0/s1. The third-order valence-electron chi connectivity index (χ3n) is 14.9. The molecule has 2 aromatic carbocycles. The lowest BCUT2D eigenvalue weighted by Crippen LogP contribution is -2.62. The summed E-state index contributed by atoms with van der Waals surface area (Å²) in [6.07, 6.45) is 3.68. The molecule has 0 saturated carbocycles. The number of phenolic OH excluding ortho intramolecular Hbond substituents is 1. The average Bonchev–Trinajstić information content (AvgIpc) is 3.95. The largest absolute Gasteiger partial charge is 0.508 e. The molecule has 0 unspecified atom stereocenters. The van der Waals surface area contributed by atoms with Crippen LogP contribution in [0.2, 0.25) is 0 Å². The van der Waals surface area contributed by atoms with E-state index in [1.165, 1.54) is 9.31 Å². The highest BCUT2D eigenvalue weighted by molar-refractivity contribution is 7.90. The van der Waals surface area contributed by atoms with Crippen LogP contribution < -0.4 is 16.1 Å². The van der Waals surface area contributed by atoms with Crippen molar-refractivity contribution in [2.45, 2.75) is 116 Å². The number of esters is 1. The first-order valence-corrected chi connectivity index (χ1v) is 25.9. The number of nitrogens with zero attached hydrogens (tertiary/aromatic N) is 5. The molecule has 69 heavy (non-hydrogen) atoms. The first kappa shape index (κ1) is 48.6. The summed E-state index contributed by atoms with van der Waals surface area (Å²) in [5.41, 5.74) is 8.54. The van der Waals surface area contributed by atoms with Crippen LogP contribution in [0.5, 0.6) is 5.75 Å². The molecule has 5 aliphatic heterocycles. The molecule has 9 rings (SSSR count). The summed E-state index contributed by atoms with van der Waals surface area (Å²) >= 11 is 0. The topological polar surface area (TPSA) is 215 Å². The number of phenols is 1. The molecule has 4 aromatic rings. The maximum atomic E-state index is 14.8. The lowest BCUT2D eigenvalue weighted by atomic mass is 9.84. The number of nitrogens with one attached hydrogen (secondary N) is 3. The first-order chi connectivity index (χ1) is 32.8. The van der Waals surface area contributed by atoms with Crippen molar-refractivity contribution < 1.29 is 42.2 Å². The molecule has 0 aliphatic carbocycles. The van der Waals surface area contributed by atoms with Gasteiger partial charge in [-0.05, 0) is 111 Å². The van der Waals surface area contributed by atoms with E-state index in [1.807, 2.05) is 39.0 Å². The van der Waals surface area contributed by atoms with Crippen LogP contribution in [0, 0.1) is 16.7 Å². The van der Waals surface area contributed by atoms with Crippen molar-refractivity contribution in [3.05, 3.63) is 71.5 Å². The predicted octanol–water partition coefficient (Wildman–Crippen LogP) is 4.66. The number of aryl methyl sites for hydroxylation is 1. The normalized spacial score (nSPS) is 25.3. The van der Waals surface area contributed by atoms with Crippen molar-refractivity contribution in [3.8, 4) is 28.1 Å². The van der Waals surface area contributed by atoms with Crippen LogP contribution >= 0.6 is 0 Å². The van der Waals surface area contributed by atoms with E-state index in [9.17, 15) is 32.7 Å². The van der Waals surface area contributed by atoms with Crippen LogP contribution in [-0.4, -0.2) is 131 Å². The van der Waals surface area contributed by atoms with Crippen LogP contribution in [0.1, 0.15) is 90.2 Å². The lowest BCUT2D eigenvalue weighted by molar-refractivity contribution is -0.155. The molecule has 17 nitrogen and oxygen atoms in total. The third-order valence-corrected chi connectivity index (χ3v) is 17.0. The van der Waals surface area contributed by atoms with E-state index < -0.39 is 62.1 Å². The van der Waals surface area contributed by atoms with Gasteiger partial charge in [0.1, 0.15) is 29.2 Å². The molecule has 1 spiro atoms. The summed E-state index contributed by atoms with van der Waals surface area (Å²) in [4.78, 5) is 64.3. The van der Waals surface area contributed by atoms with E-state index in [1.54, 1.807) is 30.3 Å². The third kappa shape index (κ3) is 9.26. The number of amides is 3. The number of ether oxygens (including phenoxy) is 2. The fourth-order valence-corrected chi connectivity index (χ4v) is 12.8. The molecular formula is C51H66N8O9S. The number of hydrogen-bond donors (Lipinski definition) is 4. The summed E-state index contributed by atoms with van der Waals surface area (Å²) < 4.78 is 41.9. The Balaban J connectivity index is 1.09. The molecule has 18 heteroatoms. The first-order valence-electron chi connectivity index (χ1n) is 24.4. The summed E-state index contributed by atoms with van der Waals surface area (Å²) in [6, 6.07) is 12.4. The number of rotatable bonds is 10. The molecule has 4 N–H and O–H groups in total. The maximum Gasteiger partial charge on any atom is 0.324 e. The van der Waals surface area contributed by atoms with Crippen molar-refractivity contribution in [2.75, 3.05) is 46.4 Å². The Hall–Kier alpha value is -5.40. The number of hydrazine groups is 1. The molecule has 7 heterocycles. The van der Waals surface area contributed by atoms with Crippen LogP contribution in [-0.2, 0) is 58.1 Å². The molecule has 2 aromatic heterocycles. The number of fused-ring (bicyclic) bond motifs is 6. The number of pyridine rings is 1. The van der Waals surface area contributed by atoms with Gasteiger partial charge >= 0.3 is 5.97 Å². The highest BCUT2D eigenvalue weighted by Gasteiger charge is 2.57. The maximum absolute atomic E-state index is 14.8. The monoisotopic (exact) mass is 966 g/mol. The second-order valence-electron chi connectivity index (χ2n) is 20.8. The van der Waals surface area contributed by atoms with Crippen molar-refractivity contribution >= 4 is 44.6 Å². The smallest absolute Gasteiger partial charge is 0.324 e. The van der Waals surface area contributed by atoms with E-state index in [4.69, 9.17) is 14.5 Å². The zero-order valence-electron chi connectivity index (χ0n) is 40.7. The number of carbonyl (C=O) groups is 4. The van der Waals surface area contributed by atoms with Gasteiger partial charge < -0.3 is 29.4 Å². The predicted molar refractivity (Wildman–Crippen MR) is 260 cm³/mol. The van der Waals surface area contributed by atoms with Gasteiger partial charge in [0.2, 0.25) is 21.8 Å². The number of cyclic esters (lactones) is 1. The van der Waals surface area contributed by atoms with Crippen LogP contribution in [0.25, 0.3) is 33.3 Å². The van der Waals surface area contributed by atoms with Gasteiger partial charge in [-0.2, -0.15) is 4.31 Å². The van der Waals surface area contributed by atoms with Crippen LogP contribution in [0.3, 0.4) is 0 Å². The molecule has 4 saturated heterocycles. The minimum Gasteiger partial charge on any atom is -0.508 e. The molecule has 4 fully saturated rings. The Morgan fingerprint density at radius 3 is 2.54 bits per heavy atom. The Morgan fingerprint density at radius 2 is 1.81 bits per heavy atom. The number of likely N-dealkylation sites (tertiary alicyclic amines) is 1. The lowest BCUT2D eigenvalue weighted by Gasteiger charge is -2.37. The number of benzene rings is 2. The van der Waals surface area contributed by atoms with Crippen LogP contribution in [0.15, 0.2) is 54.7 Å². The Morgan fingerprint density at radius 1 is 1.04 bits per heavy atom. The van der Waals surface area contributed by atoms with E-state index in [-0.39, 0.29) is 62.9 Å². The molecular weight excluding hydrogens is 901 g/mol. The SMILES string of the molecule is CCn1c(-c2cccnc2[C@H](C)OC)c2c3cc(ccc31)-c1cc(O)cc(c1)C[C@H](NC(=O)[C@H](C(C)C)N1CC[C@]3(CCN(S(=O)(=O)[C@@H]4CN4)C3)C1=O)C(=O)N1CCC[C@H](N1)C(=O)OCC(C)(C)C2. The molecule has 3 amide bonds. The van der Waals surface area contributed by atoms with Gasteiger partial charge in [0.15, 0.2) is 0 Å². The van der Waals surface area contributed by atoms with Gasteiger partial charge in [0.05, 0.1) is 29.5 Å². The number of aromatic hydroxyl groups is 1. The summed E-state index contributed by atoms with van der Waals surface area (Å²) in [5.74, 6) is -2.15. The molecule has 6 bridgehead atoms. The summed E-state index contributed by atoms with van der Waals surface area (Å²) in [6.45, 7) is 13.9. The average molecular weight is 967 g/mol. The van der Waals surface area contributed by atoms with E-state index >= 15 is 0 Å². The number of hydrogen-bond acceptors (Lipinski definition) is 12. The van der Waals surface area contributed by atoms with Crippen molar-refractivity contribution in [3.63, 3.8) is 0 Å². The van der Waals surface area contributed by atoms with Crippen molar-refractivity contribution in [2.24, 2.45) is 16.7 Å².